The molecule has 3 aromatic rings. The van der Waals surface area contributed by atoms with Crippen molar-refractivity contribution in [2.45, 2.75) is 38.9 Å². The fourth-order valence-corrected chi connectivity index (χ4v) is 7.30. The Balaban J connectivity index is 1.55. The van der Waals surface area contributed by atoms with Gasteiger partial charge in [0.25, 0.3) is 5.91 Å². The van der Waals surface area contributed by atoms with Gasteiger partial charge in [-0.15, -0.1) is 0 Å². The third-order valence-corrected chi connectivity index (χ3v) is 9.94. The maximum atomic E-state index is 12.9. The van der Waals surface area contributed by atoms with Crippen LogP contribution in [0, 0.1) is 6.92 Å². The SMILES string of the molecule is COc1cc(OC)c(NC(=O)c2ccc(Cc3cc4c(cc3C)CC[Si]4(C)C)o2)c(OC)c1. The number of carbonyl (C=O) groups is 1. The Morgan fingerprint density at radius 3 is 2.36 bits per heavy atom. The molecule has 0 saturated carbocycles. The molecule has 0 saturated heterocycles. The molecule has 1 N–H and O–H groups in total. The highest BCUT2D eigenvalue weighted by molar-refractivity contribution is 6.91. The van der Waals surface area contributed by atoms with Crippen molar-refractivity contribution >= 4 is 24.9 Å². The summed E-state index contributed by atoms with van der Waals surface area (Å²) in [5, 5.41) is 4.41. The number of ether oxygens (including phenoxy) is 3. The summed E-state index contributed by atoms with van der Waals surface area (Å²) in [7, 11) is 3.27. The van der Waals surface area contributed by atoms with Crippen molar-refractivity contribution in [2.24, 2.45) is 0 Å². The molecule has 1 amide bonds. The van der Waals surface area contributed by atoms with Crippen LogP contribution in [-0.2, 0) is 12.8 Å². The minimum atomic E-state index is -1.34. The number of methoxy groups -OCH3 is 3. The van der Waals surface area contributed by atoms with E-state index in [-0.39, 0.29) is 11.7 Å². The van der Waals surface area contributed by atoms with Crippen LogP contribution in [0.2, 0.25) is 19.1 Å². The topological polar surface area (TPSA) is 69.9 Å². The summed E-state index contributed by atoms with van der Waals surface area (Å²) >= 11 is 0. The monoisotopic (exact) mass is 465 g/mol. The van der Waals surface area contributed by atoms with Gasteiger partial charge in [-0.3, -0.25) is 4.79 Å². The maximum absolute atomic E-state index is 12.9. The first kappa shape index (κ1) is 23.0. The van der Waals surface area contributed by atoms with Gasteiger partial charge in [0, 0.05) is 18.6 Å². The summed E-state index contributed by atoms with van der Waals surface area (Å²) in [5.41, 5.74) is 4.46. The average Bonchev–Trinajstić information content (AvgIpc) is 3.38. The largest absolute Gasteiger partial charge is 0.496 e. The first-order valence-electron chi connectivity index (χ1n) is 11.1. The molecule has 7 heteroatoms. The molecule has 0 spiro atoms. The van der Waals surface area contributed by atoms with E-state index in [1.54, 1.807) is 30.5 Å². The number of anilines is 1. The van der Waals surface area contributed by atoms with Crippen LogP contribution in [-0.4, -0.2) is 35.3 Å². The van der Waals surface area contributed by atoms with Crippen LogP contribution in [0.25, 0.3) is 0 Å². The quantitative estimate of drug-likeness (QED) is 0.501. The van der Waals surface area contributed by atoms with Crippen LogP contribution >= 0.6 is 0 Å². The summed E-state index contributed by atoms with van der Waals surface area (Å²) in [5.74, 6) is 2.06. The lowest BCUT2D eigenvalue weighted by molar-refractivity contribution is 0.0994. The first-order valence-corrected chi connectivity index (χ1v) is 14.3. The van der Waals surface area contributed by atoms with E-state index in [4.69, 9.17) is 18.6 Å². The molecule has 0 radical (unpaired) electrons. The van der Waals surface area contributed by atoms with E-state index in [0.29, 0.717) is 29.4 Å². The van der Waals surface area contributed by atoms with Crippen molar-refractivity contribution in [3.63, 3.8) is 0 Å². The van der Waals surface area contributed by atoms with Crippen LogP contribution in [0.5, 0.6) is 17.2 Å². The van der Waals surface area contributed by atoms with E-state index in [9.17, 15) is 4.79 Å². The van der Waals surface area contributed by atoms with Gasteiger partial charge in [0.05, 0.1) is 29.4 Å². The summed E-state index contributed by atoms with van der Waals surface area (Å²) in [6.45, 7) is 7.03. The number of hydrogen-bond acceptors (Lipinski definition) is 5. The second-order valence-electron chi connectivity index (χ2n) is 9.12. The maximum Gasteiger partial charge on any atom is 0.291 e. The summed E-state index contributed by atoms with van der Waals surface area (Å²) in [6, 6.07) is 13.0. The van der Waals surface area contributed by atoms with E-state index in [1.807, 2.05) is 6.07 Å². The molecule has 174 valence electrons. The van der Waals surface area contributed by atoms with E-state index < -0.39 is 8.07 Å². The number of nitrogens with one attached hydrogen (secondary N) is 1. The lowest BCUT2D eigenvalue weighted by Crippen LogP contribution is -2.38. The summed E-state index contributed by atoms with van der Waals surface area (Å²) in [6.07, 6.45) is 1.85. The Morgan fingerprint density at radius 2 is 1.73 bits per heavy atom. The number of aryl methyl sites for hydroxylation is 2. The second kappa shape index (κ2) is 8.98. The number of furan rings is 1. The van der Waals surface area contributed by atoms with Gasteiger partial charge in [-0.25, -0.2) is 0 Å². The molecule has 2 aromatic carbocycles. The van der Waals surface area contributed by atoms with Gasteiger partial charge in [0.1, 0.15) is 28.7 Å². The Morgan fingerprint density at radius 1 is 1.03 bits per heavy atom. The second-order valence-corrected chi connectivity index (χ2v) is 13.9. The van der Waals surface area contributed by atoms with Crippen LogP contribution in [0.3, 0.4) is 0 Å². The zero-order valence-electron chi connectivity index (χ0n) is 20.1. The highest BCUT2D eigenvalue weighted by atomic mass is 28.3. The average molecular weight is 466 g/mol. The number of benzene rings is 2. The molecule has 0 aliphatic carbocycles. The highest BCUT2D eigenvalue weighted by Crippen LogP contribution is 2.39. The zero-order chi connectivity index (χ0) is 23.8. The van der Waals surface area contributed by atoms with Gasteiger partial charge in [0.2, 0.25) is 0 Å². The first-order chi connectivity index (χ1) is 15.7. The molecule has 1 aromatic heterocycles. The molecular formula is C26H31NO5Si. The smallest absolute Gasteiger partial charge is 0.291 e. The Bertz CT molecular complexity index is 1170. The molecule has 4 rings (SSSR count). The van der Waals surface area contributed by atoms with Gasteiger partial charge < -0.3 is 23.9 Å². The number of hydrogen-bond donors (Lipinski definition) is 1. The lowest BCUT2D eigenvalue weighted by atomic mass is 10.0. The van der Waals surface area contributed by atoms with E-state index in [0.717, 1.165) is 5.76 Å². The fraction of sp³-hybridized carbons (Fsp3) is 0.346. The van der Waals surface area contributed by atoms with Gasteiger partial charge in [-0.2, -0.15) is 0 Å². The van der Waals surface area contributed by atoms with Crippen molar-refractivity contribution in [1.82, 2.24) is 0 Å². The summed E-state index contributed by atoms with van der Waals surface area (Å²) < 4.78 is 22.0. The molecule has 2 heterocycles. The van der Waals surface area contributed by atoms with E-state index in [2.05, 4.69) is 37.5 Å². The zero-order valence-corrected chi connectivity index (χ0v) is 21.1. The Labute approximate surface area is 195 Å². The third kappa shape index (κ3) is 4.50. The summed E-state index contributed by atoms with van der Waals surface area (Å²) in [4.78, 5) is 12.9. The molecule has 6 nitrogen and oxygen atoms in total. The number of fused-ring (bicyclic) bond motifs is 1. The lowest BCUT2D eigenvalue weighted by Gasteiger charge is -2.18. The standard InChI is InChI=1S/C26H31NO5Si/c1-16-11-17-9-10-33(5,6)24(17)13-18(16)12-19-7-8-21(32-19)26(28)27-25-22(30-3)14-20(29-2)15-23(25)31-4/h7-8,11,13-15H,9-10,12H2,1-6H3,(H,27,28). The van der Waals surface area contributed by atoms with Gasteiger partial charge in [-0.05, 0) is 48.2 Å². The Kier molecular flexibility index (Phi) is 6.25. The Hall–Kier alpha value is -3.19. The van der Waals surface area contributed by atoms with Gasteiger partial charge in [-0.1, -0.05) is 30.4 Å². The van der Waals surface area contributed by atoms with Gasteiger partial charge >= 0.3 is 0 Å². The highest BCUT2D eigenvalue weighted by Gasteiger charge is 2.32. The molecule has 0 unspecified atom stereocenters. The van der Waals surface area contributed by atoms with Crippen LogP contribution in [0.15, 0.2) is 40.8 Å². The molecule has 0 fully saturated rings. The number of amides is 1. The molecule has 0 atom stereocenters. The third-order valence-electron chi connectivity index (χ3n) is 6.51. The van der Waals surface area contributed by atoms with E-state index >= 15 is 0 Å². The van der Waals surface area contributed by atoms with Crippen molar-refractivity contribution in [3.05, 3.63) is 64.6 Å². The molecular weight excluding hydrogens is 434 g/mol. The van der Waals surface area contributed by atoms with Crippen LogP contribution in [0.4, 0.5) is 5.69 Å². The van der Waals surface area contributed by atoms with Crippen molar-refractivity contribution in [3.8, 4) is 17.2 Å². The minimum absolute atomic E-state index is 0.235. The molecule has 0 bridgehead atoms. The van der Waals surface area contributed by atoms with Crippen LogP contribution < -0.4 is 24.7 Å². The number of carbonyl (C=O) groups excluding carboxylic acids is 1. The molecule has 1 aliphatic rings. The fourth-order valence-electron chi connectivity index (χ4n) is 4.51. The van der Waals surface area contributed by atoms with Crippen molar-refractivity contribution < 1.29 is 23.4 Å². The van der Waals surface area contributed by atoms with E-state index in [1.165, 1.54) is 43.4 Å². The normalized spacial score (nSPS) is 14.0. The van der Waals surface area contributed by atoms with Gasteiger partial charge in [0.15, 0.2) is 5.76 Å². The predicted octanol–water partition coefficient (Wildman–Crippen LogP) is 4.93. The predicted molar refractivity (Wildman–Crippen MR) is 132 cm³/mol. The molecule has 33 heavy (non-hydrogen) atoms. The number of rotatable bonds is 7. The van der Waals surface area contributed by atoms with Crippen molar-refractivity contribution in [2.75, 3.05) is 26.6 Å². The molecule has 1 aliphatic heterocycles. The van der Waals surface area contributed by atoms with Crippen LogP contribution in [0.1, 0.15) is 33.0 Å². The van der Waals surface area contributed by atoms with Crippen molar-refractivity contribution in [1.29, 1.82) is 0 Å². The minimum Gasteiger partial charge on any atom is -0.496 e.